The minimum atomic E-state index is -0.427. The van der Waals surface area contributed by atoms with Crippen LogP contribution in [0.4, 0.5) is 5.69 Å². The number of carbonyl (C=O) groups is 1. The fourth-order valence-electron chi connectivity index (χ4n) is 3.64. The minimum Gasteiger partial charge on any atom is -0.260 e. The number of rotatable bonds is 2. The van der Waals surface area contributed by atoms with Gasteiger partial charge in [0, 0.05) is 12.1 Å². The normalized spacial score (nSPS) is 28.8. The molecule has 1 aromatic rings. The molecule has 3 aliphatic rings. The van der Waals surface area contributed by atoms with Crippen molar-refractivity contribution < 1.29 is 14.7 Å². The summed E-state index contributed by atoms with van der Waals surface area (Å²) in [4.78, 5) is 27.8. The monoisotopic (exact) mass is 344 g/mol. The average Bonchev–Trinajstić information content (AvgIpc) is 2.92. The molecule has 2 aliphatic heterocycles. The van der Waals surface area contributed by atoms with E-state index < -0.39 is 4.92 Å². The van der Waals surface area contributed by atoms with E-state index in [0.29, 0.717) is 11.8 Å². The SMILES string of the molecule is C[C@@H]1CCC2=C(C1)S[C@@H]1[NH+]=C(c3ccc([N+](=O)[O-])cc3)NC(=O)[C@H]21. The van der Waals surface area contributed by atoms with Crippen molar-refractivity contribution in [3.8, 4) is 0 Å². The highest BCUT2D eigenvalue weighted by Crippen LogP contribution is 2.48. The number of amides is 1. The highest BCUT2D eigenvalue weighted by molar-refractivity contribution is 8.03. The van der Waals surface area contributed by atoms with E-state index in [1.807, 2.05) is 0 Å². The number of nitrogens with one attached hydrogen (secondary N) is 2. The topological polar surface area (TPSA) is 86.2 Å². The van der Waals surface area contributed by atoms with E-state index in [2.05, 4.69) is 17.2 Å². The van der Waals surface area contributed by atoms with E-state index >= 15 is 0 Å². The second-order valence-corrected chi connectivity index (χ2v) is 7.86. The van der Waals surface area contributed by atoms with Crippen molar-refractivity contribution in [1.29, 1.82) is 0 Å². The van der Waals surface area contributed by atoms with Crippen molar-refractivity contribution in [3.63, 3.8) is 0 Å². The molecule has 0 saturated heterocycles. The lowest BCUT2D eigenvalue weighted by Crippen LogP contribution is -2.86. The Morgan fingerprint density at radius 1 is 1.33 bits per heavy atom. The van der Waals surface area contributed by atoms with Gasteiger partial charge in [0.15, 0.2) is 5.37 Å². The molecule has 0 fully saturated rings. The summed E-state index contributed by atoms with van der Waals surface area (Å²) in [7, 11) is 0. The molecule has 1 amide bonds. The van der Waals surface area contributed by atoms with Crippen molar-refractivity contribution in [1.82, 2.24) is 5.32 Å². The summed E-state index contributed by atoms with van der Waals surface area (Å²) in [6.45, 7) is 2.26. The van der Waals surface area contributed by atoms with Crippen molar-refractivity contribution in [2.24, 2.45) is 11.8 Å². The standard InChI is InChI=1S/C17H17N3O3S/c1-9-2-7-12-13(8-9)24-17-14(12)16(21)18-15(19-17)10-3-5-11(6-4-10)20(22)23/h3-6,9,14,17H,2,7-8H2,1H3,(H,18,19,21)/p+1/t9-,14+,17+/m1/s1. The van der Waals surface area contributed by atoms with Crippen LogP contribution in [0.5, 0.6) is 0 Å². The van der Waals surface area contributed by atoms with Crippen molar-refractivity contribution in [3.05, 3.63) is 50.4 Å². The Kier molecular flexibility index (Phi) is 3.68. The van der Waals surface area contributed by atoms with Crippen LogP contribution >= 0.6 is 11.8 Å². The summed E-state index contributed by atoms with van der Waals surface area (Å²) in [5.41, 5.74) is 2.10. The number of thioether (sulfide) groups is 1. The molecule has 0 unspecified atom stereocenters. The van der Waals surface area contributed by atoms with Gasteiger partial charge in [-0.3, -0.25) is 15.1 Å². The van der Waals surface area contributed by atoms with Crippen LogP contribution < -0.4 is 10.3 Å². The van der Waals surface area contributed by atoms with Gasteiger partial charge in [-0.25, -0.2) is 10.1 Å². The van der Waals surface area contributed by atoms with E-state index in [4.69, 9.17) is 0 Å². The van der Waals surface area contributed by atoms with Gasteiger partial charge < -0.3 is 0 Å². The maximum Gasteiger partial charge on any atom is 0.319 e. The zero-order valence-corrected chi connectivity index (χ0v) is 14.1. The highest BCUT2D eigenvalue weighted by atomic mass is 32.2. The van der Waals surface area contributed by atoms with Gasteiger partial charge >= 0.3 is 5.91 Å². The molecule has 1 aromatic carbocycles. The second kappa shape index (κ2) is 5.73. The van der Waals surface area contributed by atoms with Crippen LogP contribution in [0.1, 0.15) is 31.7 Å². The number of fused-ring (bicyclic) bond motifs is 2. The predicted molar refractivity (Wildman–Crippen MR) is 91.2 cm³/mol. The lowest BCUT2D eigenvalue weighted by atomic mass is 9.84. The van der Waals surface area contributed by atoms with Crippen LogP contribution in [0.3, 0.4) is 0 Å². The number of amidine groups is 1. The molecule has 0 bridgehead atoms. The highest BCUT2D eigenvalue weighted by Gasteiger charge is 2.48. The molecule has 0 aromatic heterocycles. The molecular formula is C17H18N3O3S+. The fraction of sp³-hybridized carbons (Fsp3) is 0.412. The van der Waals surface area contributed by atoms with Crippen molar-refractivity contribution >= 4 is 29.2 Å². The average molecular weight is 344 g/mol. The van der Waals surface area contributed by atoms with Crippen LogP contribution in [0, 0.1) is 22.0 Å². The first-order valence-corrected chi connectivity index (χ1v) is 8.98. The van der Waals surface area contributed by atoms with Gasteiger partial charge in [-0.2, -0.15) is 0 Å². The summed E-state index contributed by atoms with van der Waals surface area (Å²) in [6, 6.07) is 6.23. The van der Waals surface area contributed by atoms with Gasteiger partial charge in [0.1, 0.15) is 5.92 Å². The number of nitrogens with zero attached hydrogens (tertiary/aromatic N) is 1. The molecule has 2 heterocycles. The van der Waals surface area contributed by atoms with Crippen LogP contribution in [0.25, 0.3) is 0 Å². The third-order valence-corrected chi connectivity index (χ3v) is 6.29. The Morgan fingerprint density at radius 2 is 2.08 bits per heavy atom. The van der Waals surface area contributed by atoms with Crippen LogP contribution in [0.15, 0.2) is 34.7 Å². The molecule has 6 nitrogen and oxygen atoms in total. The molecule has 1 aliphatic carbocycles. The number of allylic oxidation sites excluding steroid dienone is 1. The zero-order chi connectivity index (χ0) is 16.8. The molecule has 7 heteroatoms. The molecule has 24 heavy (non-hydrogen) atoms. The van der Waals surface area contributed by atoms with Crippen molar-refractivity contribution in [2.45, 2.75) is 31.6 Å². The van der Waals surface area contributed by atoms with Gasteiger partial charge in [0.25, 0.3) is 11.5 Å². The molecule has 0 radical (unpaired) electrons. The smallest absolute Gasteiger partial charge is 0.260 e. The van der Waals surface area contributed by atoms with E-state index in [1.54, 1.807) is 23.9 Å². The summed E-state index contributed by atoms with van der Waals surface area (Å²) in [5.74, 6) is 1.24. The summed E-state index contributed by atoms with van der Waals surface area (Å²) in [6.07, 6.45) is 3.22. The first-order valence-electron chi connectivity index (χ1n) is 8.10. The Labute approximate surface area is 143 Å². The zero-order valence-electron chi connectivity index (χ0n) is 13.2. The number of benzene rings is 1. The number of hydrogen-bond donors (Lipinski definition) is 2. The first-order chi connectivity index (χ1) is 11.5. The van der Waals surface area contributed by atoms with Crippen LogP contribution in [-0.4, -0.2) is 22.0 Å². The maximum absolute atomic E-state index is 12.6. The molecule has 0 saturated carbocycles. The maximum atomic E-state index is 12.6. The Morgan fingerprint density at radius 3 is 2.79 bits per heavy atom. The third kappa shape index (κ3) is 2.53. The number of carbonyl (C=O) groups excluding carboxylic acids is 1. The third-order valence-electron chi connectivity index (χ3n) is 4.93. The summed E-state index contributed by atoms with van der Waals surface area (Å²) >= 11 is 1.77. The predicted octanol–water partition coefficient (Wildman–Crippen LogP) is 1.31. The molecule has 0 spiro atoms. The van der Waals surface area contributed by atoms with Crippen molar-refractivity contribution in [2.75, 3.05) is 0 Å². The summed E-state index contributed by atoms with van der Waals surface area (Å²) < 4.78 is 0. The summed E-state index contributed by atoms with van der Waals surface area (Å²) in [5, 5.41) is 13.7. The van der Waals surface area contributed by atoms with Gasteiger partial charge in [0.2, 0.25) is 0 Å². The van der Waals surface area contributed by atoms with Gasteiger partial charge in [-0.1, -0.05) is 18.7 Å². The lowest BCUT2D eigenvalue weighted by Gasteiger charge is -2.22. The van der Waals surface area contributed by atoms with E-state index in [-0.39, 0.29) is 22.9 Å². The number of hydrogen-bond acceptors (Lipinski definition) is 4. The van der Waals surface area contributed by atoms with E-state index in [9.17, 15) is 14.9 Å². The molecular weight excluding hydrogens is 326 g/mol. The molecule has 4 rings (SSSR count). The first kappa shape index (κ1) is 15.4. The lowest BCUT2D eigenvalue weighted by molar-refractivity contribution is -0.482. The molecule has 124 valence electrons. The van der Waals surface area contributed by atoms with Gasteiger partial charge in [-0.15, -0.1) is 0 Å². The van der Waals surface area contributed by atoms with Crippen LogP contribution in [0.2, 0.25) is 0 Å². The number of non-ortho nitro benzene ring substituents is 1. The van der Waals surface area contributed by atoms with E-state index in [1.165, 1.54) is 22.6 Å². The van der Waals surface area contributed by atoms with E-state index in [0.717, 1.165) is 24.8 Å². The Bertz CT molecular complexity index is 785. The van der Waals surface area contributed by atoms with Gasteiger partial charge in [-0.05, 0) is 47.8 Å². The Hall–Kier alpha value is -2.15. The fourth-order valence-corrected chi connectivity index (χ4v) is 5.31. The number of nitro benzene ring substituents is 1. The Balaban J connectivity index is 1.62. The number of nitro groups is 1. The minimum absolute atomic E-state index is 0.0270. The quantitative estimate of drug-likeness (QED) is 0.626. The second-order valence-electron chi connectivity index (χ2n) is 6.63. The molecule has 2 N–H and O–H groups in total. The molecule has 3 atom stereocenters. The van der Waals surface area contributed by atoms with Crippen LogP contribution in [-0.2, 0) is 4.79 Å². The largest absolute Gasteiger partial charge is 0.319 e. The van der Waals surface area contributed by atoms with Gasteiger partial charge in [0.05, 0.1) is 10.5 Å².